The summed E-state index contributed by atoms with van der Waals surface area (Å²) in [6, 6.07) is 3.11. The summed E-state index contributed by atoms with van der Waals surface area (Å²) in [6.45, 7) is 1.55. The summed E-state index contributed by atoms with van der Waals surface area (Å²) in [5, 5.41) is 0. The smallest absolute Gasteiger partial charge is 0.183 e. The van der Waals surface area contributed by atoms with Crippen molar-refractivity contribution in [1.29, 1.82) is 0 Å². The van der Waals surface area contributed by atoms with Gasteiger partial charge in [0.15, 0.2) is 5.78 Å². The van der Waals surface area contributed by atoms with Crippen molar-refractivity contribution in [3.8, 4) is 5.75 Å². The van der Waals surface area contributed by atoms with Gasteiger partial charge in [0.1, 0.15) is 11.6 Å². The van der Waals surface area contributed by atoms with Crippen molar-refractivity contribution in [3.05, 3.63) is 29.6 Å². The maximum absolute atomic E-state index is 12.9. The molecule has 1 unspecified atom stereocenters. The Hall–Kier alpha value is -1.42. The lowest BCUT2D eigenvalue weighted by molar-refractivity contribution is 0.0964. The van der Waals surface area contributed by atoms with E-state index in [4.69, 9.17) is 10.5 Å². The Labute approximate surface area is 81.7 Å². The van der Waals surface area contributed by atoms with Gasteiger partial charge in [-0.3, -0.25) is 4.79 Å². The number of nitrogens with two attached hydrogens (primary N) is 1. The number of ether oxygens (including phenoxy) is 1. The van der Waals surface area contributed by atoms with Crippen LogP contribution < -0.4 is 10.5 Å². The van der Waals surface area contributed by atoms with Crippen LogP contribution in [0, 0.1) is 5.82 Å². The average Bonchev–Trinajstić information content (AvgIpc) is 2.16. The monoisotopic (exact) mass is 197 g/mol. The molecule has 1 rings (SSSR count). The first kappa shape index (κ1) is 10.7. The molecular weight excluding hydrogens is 185 g/mol. The summed E-state index contributed by atoms with van der Waals surface area (Å²) in [5.74, 6) is -0.468. The van der Waals surface area contributed by atoms with Gasteiger partial charge < -0.3 is 10.5 Å². The molecule has 0 heterocycles. The number of Topliss-reactive ketones (excluding diaryl/α,β-unsaturated/α-hetero) is 1. The Kier molecular flexibility index (Phi) is 3.19. The summed E-state index contributed by atoms with van der Waals surface area (Å²) in [7, 11) is 1.42. The van der Waals surface area contributed by atoms with Crippen LogP contribution in [-0.4, -0.2) is 18.9 Å². The molecule has 2 N–H and O–H groups in total. The van der Waals surface area contributed by atoms with Crippen LogP contribution in [0.4, 0.5) is 4.39 Å². The SMILES string of the molecule is COc1ccc(F)cc1C(=O)C(C)N. The van der Waals surface area contributed by atoms with Crippen LogP contribution >= 0.6 is 0 Å². The highest BCUT2D eigenvalue weighted by Gasteiger charge is 2.16. The summed E-state index contributed by atoms with van der Waals surface area (Å²) in [6.07, 6.45) is 0. The molecule has 0 radical (unpaired) electrons. The second kappa shape index (κ2) is 4.19. The molecule has 1 aromatic rings. The van der Waals surface area contributed by atoms with E-state index in [1.165, 1.54) is 19.2 Å². The van der Waals surface area contributed by atoms with Crippen LogP contribution in [0.5, 0.6) is 5.75 Å². The number of carbonyl (C=O) groups excluding carboxylic acids is 1. The maximum Gasteiger partial charge on any atom is 0.183 e. The average molecular weight is 197 g/mol. The second-order valence-electron chi connectivity index (χ2n) is 3.00. The Morgan fingerprint density at radius 2 is 2.21 bits per heavy atom. The highest BCUT2D eigenvalue weighted by Crippen LogP contribution is 2.20. The van der Waals surface area contributed by atoms with E-state index in [9.17, 15) is 9.18 Å². The standard InChI is InChI=1S/C10H12FNO2/c1-6(12)10(13)8-5-7(11)3-4-9(8)14-2/h3-6H,12H2,1-2H3. The summed E-state index contributed by atoms with van der Waals surface area (Å²) < 4.78 is 17.8. The van der Waals surface area contributed by atoms with Crippen molar-refractivity contribution in [3.63, 3.8) is 0 Å². The number of hydrogen-bond donors (Lipinski definition) is 1. The Morgan fingerprint density at radius 1 is 1.57 bits per heavy atom. The van der Waals surface area contributed by atoms with Crippen LogP contribution in [-0.2, 0) is 0 Å². The van der Waals surface area contributed by atoms with Crippen molar-refractivity contribution in [2.24, 2.45) is 5.73 Å². The third kappa shape index (κ3) is 2.09. The van der Waals surface area contributed by atoms with Gasteiger partial charge in [0.05, 0.1) is 18.7 Å². The molecule has 1 atom stereocenters. The lowest BCUT2D eigenvalue weighted by atomic mass is 10.0. The van der Waals surface area contributed by atoms with Gasteiger partial charge in [-0.2, -0.15) is 0 Å². The maximum atomic E-state index is 12.9. The summed E-state index contributed by atoms with van der Waals surface area (Å²) >= 11 is 0. The third-order valence-corrected chi connectivity index (χ3v) is 1.84. The predicted molar refractivity (Wildman–Crippen MR) is 50.9 cm³/mol. The lowest BCUT2D eigenvalue weighted by Gasteiger charge is -2.09. The van der Waals surface area contributed by atoms with Crippen molar-refractivity contribution in [1.82, 2.24) is 0 Å². The summed E-state index contributed by atoms with van der Waals surface area (Å²) in [4.78, 5) is 11.5. The topological polar surface area (TPSA) is 52.3 Å². The molecule has 76 valence electrons. The molecule has 0 aliphatic rings. The minimum atomic E-state index is -0.661. The van der Waals surface area contributed by atoms with E-state index in [1.807, 2.05) is 0 Å². The molecule has 14 heavy (non-hydrogen) atoms. The number of carbonyl (C=O) groups is 1. The molecule has 0 spiro atoms. The Morgan fingerprint density at radius 3 is 2.71 bits per heavy atom. The van der Waals surface area contributed by atoms with E-state index >= 15 is 0 Å². The minimum absolute atomic E-state index is 0.183. The molecular formula is C10H12FNO2. The zero-order chi connectivity index (χ0) is 10.7. The number of ketones is 1. The van der Waals surface area contributed by atoms with Gasteiger partial charge in [0.25, 0.3) is 0 Å². The predicted octanol–water partition coefficient (Wildman–Crippen LogP) is 1.36. The van der Waals surface area contributed by atoms with Gasteiger partial charge in [0, 0.05) is 0 Å². The van der Waals surface area contributed by atoms with Crippen LogP contribution in [0.2, 0.25) is 0 Å². The van der Waals surface area contributed by atoms with Gasteiger partial charge >= 0.3 is 0 Å². The summed E-state index contributed by atoms with van der Waals surface area (Å²) in [5.41, 5.74) is 5.60. The zero-order valence-electron chi connectivity index (χ0n) is 8.08. The minimum Gasteiger partial charge on any atom is -0.496 e. The van der Waals surface area contributed by atoms with E-state index < -0.39 is 11.9 Å². The Balaban J connectivity index is 3.17. The van der Waals surface area contributed by atoms with Crippen molar-refractivity contribution < 1.29 is 13.9 Å². The van der Waals surface area contributed by atoms with Crippen LogP contribution in [0.3, 0.4) is 0 Å². The first-order chi connectivity index (χ1) is 6.56. The van der Waals surface area contributed by atoms with E-state index in [2.05, 4.69) is 0 Å². The molecule has 0 amide bonds. The molecule has 0 bridgehead atoms. The van der Waals surface area contributed by atoms with Crippen molar-refractivity contribution >= 4 is 5.78 Å². The molecule has 0 aromatic heterocycles. The molecule has 0 aliphatic heterocycles. The van der Waals surface area contributed by atoms with Gasteiger partial charge in [-0.25, -0.2) is 4.39 Å². The largest absolute Gasteiger partial charge is 0.496 e. The van der Waals surface area contributed by atoms with Gasteiger partial charge in [-0.1, -0.05) is 0 Å². The van der Waals surface area contributed by atoms with E-state index in [0.29, 0.717) is 5.75 Å². The molecule has 0 saturated carbocycles. The second-order valence-corrected chi connectivity index (χ2v) is 3.00. The first-order valence-corrected chi connectivity index (χ1v) is 4.19. The number of benzene rings is 1. The normalized spacial score (nSPS) is 12.3. The molecule has 4 heteroatoms. The van der Waals surface area contributed by atoms with Crippen LogP contribution in [0.15, 0.2) is 18.2 Å². The molecule has 0 aliphatic carbocycles. The zero-order valence-corrected chi connectivity index (χ0v) is 8.08. The van der Waals surface area contributed by atoms with Gasteiger partial charge in [-0.05, 0) is 25.1 Å². The Bertz CT molecular complexity index is 350. The highest BCUT2D eigenvalue weighted by molar-refractivity contribution is 6.02. The number of methoxy groups -OCH3 is 1. The van der Waals surface area contributed by atoms with Crippen molar-refractivity contribution in [2.45, 2.75) is 13.0 Å². The number of hydrogen-bond acceptors (Lipinski definition) is 3. The first-order valence-electron chi connectivity index (χ1n) is 4.19. The lowest BCUT2D eigenvalue weighted by Crippen LogP contribution is -2.27. The number of halogens is 1. The van der Waals surface area contributed by atoms with Crippen LogP contribution in [0.25, 0.3) is 0 Å². The third-order valence-electron chi connectivity index (χ3n) is 1.84. The highest BCUT2D eigenvalue weighted by atomic mass is 19.1. The fraction of sp³-hybridized carbons (Fsp3) is 0.300. The molecule has 3 nitrogen and oxygen atoms in total. The van der Waals surface area contributed by atoms with Crippen molar-refractivity contribution in [2.75, 3.05) is 7.11 Å². The van der Waals surface area contributed by atoms with E-state index in [1.54, 1.807) is 6.92 Å². The molecule has 0 saturated heterocycles. The van der Waals surface area contributed by atoms with Gasteiger partial charge in [-0.15, -0.1) is 0 Å². The van der Waals surface area contributed by atoms with E-state index in [0.717, 1.165) is 6.07 Å². The van der Waals surface area contributed by atoms with E-state index in [-0.39, 0.29) is 11.3 Å². The fourth-order valence-electron chi connectivity index (χ4n) is 1.12. The quantitative estimate of drug-likeness (QED) is 0.744. The van der Waals surface area contributed by atoms with Gasteiger partial charge in [0.2, 0.25) is 0 Å². The van der Waals surface area contributed by atoms with Crippen LogP contribution in [0.1, 0.15) is 17.3 Å². The number of rotatable bonds is 3. The molecule has 1 aromatic carbocycles. The fourth-order valence-corrected chi connectivity index (χ4v) is 1.12. The molecule has 0 fully saturated rings.